The Morgan fingerprint density at radius 3 is 2.32 bits per heavy atom. The molecule has 0 radical (unpaired) electrons. The molecular weight excluding hydrogens is 480 g/mol. The fourth-order valence-corrected chi connectivity index (χ4v) is 4.38. The van der Waals surface area contributed by atoms with E-state index in [-0.39, 0.29) is 34.6 Å². The van der Waals surface area contributed by atoms with Gasteiger partial charge < -0.3 is 20.0 Å². The molecule has 11 heteroatoms. The van der Waals surface area contributed by atoms with Gasteiger partial charge >= 0.3 is 0 Å². The molecule has 0 bridgehead atoms. The molecule has 1 saturated heterocycles. The summed E-state index contributed by atoms with van der Waals surface area (Å²) in [5, 5.41) is 8.02. The van der Waals surface area contributed by atoms with E-state index in [0.717, 1.165) is 25.0 Å². The molecule has 37 heavy (non-hydrogen) atoms. The number of carbonyl (C=O) groups excluding carboxylic acids is 1. The van der Waals surface area contributed by atoms with E-state index in [1.165, 1.54) is 11.1 Å². The summed E-state index contributed by atoms with van der Waals surface area (Å²) in [5.41, 5.74) is 6.41. The number of rotatable bonds is 5. The van der Waals surface area contributed by atoms with Crippen LogP contribution in [0.5, 0.6) is 0 Å². The Bertz CT molecular complexity index is 1410. The molecule has 190 valence electrons. The lowest BCUT2D eigenvalue weighted by atomic mass is 10.0. The van der Waals surface area contributed by atoms with Crippen molar-refractivity contribution in [2.75, 3.05) is 32.9 Å². The first-order valence-electron chi connectivity index (χ1n) is 11.8. The van der Waals surface area contributed by atoms with Crippen molar-refractivity contribution in [1.29, 1.82) is 0 Å². The van der Waals surface area contributed by atoms with Crippen LogP contribution < -0.4 is 5.73 Å². The number of piperidine rings is 1. The van der Waals surface area contributed by atoms with E-state index in [0.29, 0.717) is 24.7 Å². The molecule has 2 N–H and O–H groups in total. The van der Waals surface area contributed by atoms with Crippen molar-refractivity contribution in [2.24, 2.45) is 0 Å². The molecular formula is C26H25F2N7O2. The lowest BCUT2D eigenvalue weighted by molar-refractivity contribution is 0.0653. The number of aromatic nitrogens is 4. The van der Waals surface area contributed by atoms with Gasteiger partial charge in [-0.05, 0) is 51.2 Å². The van der Waals surface area contributed by atoms with Gasteiger partial charge in [0, 0.05) is 30.3 Å². The minimum atomic E-state index is -0.973. The predicted molar refractivity (Wildman–Crippen MR) is 133 cm³/mol. The molecule has 4 aromatic rings. The van der Waals surface area contributed by atoms with Gasteiger partial charge in [0.05, 0.1) is 11.9 Å². The Balaban J connectivity index is 1.41. The second-order valence-corrected chi connectivity index (χ2v) is 9.07. The molecule has 2 aromatic carbocycles. The quantitative estimate of drug-likeness (QED) is 0.435. The van der Waals surface area contributed by atoms with Gasteiger partial charge in [-0.3, -0.25) is 4.79 Å². The third-order valence-corrected chi connectivity index (χ3v) is 6.48. The number of hydrogen-bond donors (Lipinski definition) is 1. The summed E-state index contributed by atoms with van der Waals surface area (Å²) in [6, 6.07) is 11.6. The first kappa shape index (κ1) is 24.4. The molecule has 0 aliphatic carbocycles. The number of hydrogen-bond acceptors (Lipinski definition) is 8. The van der Waals surface area contributed by atoms with Gasteiger partial charge in [0.1, 0.15) is 17.2 Å². The Kier molecular flexibility index (Phi) is 6.62. The van der Waals surface area contributed by atoms with Crippen LogP contribution in [0.1, 0.15) is 23.2 Å². The molecule has 3 heterocycles. The van der Waals surface area contributed by atoms with Gasteiger partial charge in [0.2, 0.25) is 5.89 Å². The van der Waals surface area contributed by atoms with E-state index in [9.17, 15) is 4.79 Å². The number of anilines is 1. The van der Waals surface area contributed by atoms with Gasteiger partial charge in [-0.1, -0.05) is 18.2 Å². The minimum Gasteiger partial charge on any atom is -0.414 e. The number of nitrogens with two attached hydrogens (primary N) is 1. The van der Waals surface area contributed by atoms with Crippen molar-refractivity contribution in [3.05, 3.63) is 65.9 Å². The van der Waals surface area contributed by atoms with Gasteiger partial charge in [-0.15, -0.1) is 10.2 Å². The monoisotopic (exact) mass is 505 g/mol. The summed E-state index contributed by atoms with van der Waals surface area (Å²) < 4.78 is 35.9. The summed E-state index contributed by atoms with van der Waals surface area (Å²) in [4.78, 5) is 25.0. The maximum atomic E-state index is 15.1. The highest BCUT2D eigenvalue weighted by molar-refractivity contribution is 5.95. The Morgan fingerprint density at radius 1 is 1.03 bits per heavy atom. The summed E-state index contributed by atoms with van der Waals surface area (Å²) in [7, 11) is 3.96. The molecule has 1 aliphatic rings. The largest absolute Gasteiger partial charge is 0.414 e. The highest BCUT2D eigenvalue weighted by atomic mass is 19.1. The van der Waals surface area contributed by atoms with Crippen molar-refractivity contribution in [3.8, 4) is 34.3 Å². The molecule has 9 nitrogen and oxygen atoms in total. The van der Waals surface area contributed by atoms with E-state index in [1.54, 1.807) is 0 Å². The van der Waals surface area contributed by atoms with Gasteiger partial charge in [-0.2, -0.15) is 0 Å². The van der Waals surface area contributed by atoms with Crippen molar-refractivity contribution in [3.63, 3.8) is 0 Å². The molecule has 2 aromatic heterocycles. The number of amides is 1. The topological polar surface area (TPSA) is 114 Å². The normalized spacial score (nSPS) is 14.4. The second-order valence-electron chi connectivity index (χ2n) is 9.07. The molecule has 1 amide bonds. The molecule has 0 unspecified atom stereocenters. The maximum Gasteiger partial charge on any atom is 0.270 e. The zero-order valence-electron chi connectivity index (χ0n) is 20.4. The number of likely N-dealkylation sites (tertiary alicyclic amines) is 1. The van der Waals surface area contributed by atoms with Crippen molar-refractivity contribution < 1.29 is 18.0 Å². The number of benzene rings is 2. The molecule has 0 spiro atoms. The van der Waals surface area contributed by atoms with Crippen LogP contribution in [0.3, 0.4) is 0 Å². The van der Waals surface area contributed by atoms with E-state index >= 15 is 8.78 Å². The summed E-state index contributed by atoms with van der Waals surface area (Å²) in [6.45, 7) is 0.870. The first-order valence-corrected chi connectivity index (χ1v) is 11.8. The van der Waals surface area contributed by atoms with Crippen LogP contribution in [-0.4, -0.2) is 69.1 Å². The fraction of sp³-hybridized carbons (Fsp3) is 0.269. The van der Waals surface area contributed by atoms with Gasteiger partial charge in [0.25, 0.3) is 11.8 Å². The molecule has 1 aliphatic heterocycles. The summed E-state index contributed by atoms with van der Waals surface area (Å²) in [5.74, 6) is -2.32. The van der Waals surface area contributed by atoms with Crippen LogP contribution in [0.2, 0.25) is 0 Å². The Labute approximate surface area is 212 Å². The van der Waals surface area contributed by atoms with E-state index in [2.05, 4.69) is 25.1 Å². The Morgan fingerprint density at radius 2 is 1.68 bits per heavy atom. The number of carbonyl (C=O) groups is 1. The number of halogens is 2. The van der Waals surface area contributed by atoms with Gasteiger partial charge in [-0.25, -0.2) is 18.7 Å². The Hall–Kier alpha value is -4.25. The molecule has 5 rings (SSSR count). The average molecular weight is 506 g/mol. The van der Waals surface area contributed by atoms with E-state index < -0.39 is 23.1 Å². The van der Waals surface area contributed by atoms with Crippen LogP contribution >= 0.6 is 0 Å². The van der Waals surface area contributed by atoms with Crippen molar-refractivity contribution in [2.45, 2.75) is 18.9 Å². The summed E-state index contributed by atoms with van der Waals surface area (Å²) in [6.07, 6.45) is 2.77. The van der Waals surface area contributed by atoms with Gasteiger partial charge in [0.15, 0.2) is 11.5 Å². The minimum absolute atomic E-state index is 0.0135. The van der Waals surface area contributed by atoms with Crippen molar-refractivity contribution >= 4 is 11.7 Å². The van der Waals surface area contributed by atoms with Crippen LogP contribution in [0.4, 0.5) is 14.6 Å². The molecule has 0 atom stereocenters. The van der Waals surface area contributed by atoms with Crippen LogP contribution in [0, 0.1) is 11.6 Å². The second kappa shape index (κ2) is 10.0. The molecule has 0 saturated carbocycles. The van der Waals surface area contributed by atoms with E-state index in [1.807, 2.05) is 44.4 Å². The van der Waals surface area contributed by atoms with E-state index in [4.69, 9.17) is 10.2 Å². The lowest BCUT2D eigenvalue weighted by Crippen LogP contribution is -2.44. The lowest BCUT2D eigenvalue weighted by Gasteiger charge is -2.35. The first-order chi connectivity index (χ1) is 17.8. The fourth-order valence-electron chi connectivity index (χ4n) is 4.38. The SMILES string of the molecule is CN(C)C1CCN(C(=O)c2c(F)cc(-c3cnc(N)c(-c4nnc(-c5ccccc5)o4)n3)cc2F)CC1. The maximum absolute atomic E-state index is 15.1. The third kappa shape index (κ3) is 4.90. The van der Waals surface area contributed by atoms with Crippen LogP contribution in [-0.2, 0) is 0 Å². The van der Waals surface area contributed by atoms with Crippen molar-refractivity contribution in [1.82, 2.24) is 30.0 Å². The zero-order chi connectivity index (χ0) is 26.1. The highest BCUT2D eigenvalue weighted by Crippen LogP contribution is 2.30. The number of nitrogens with zero attached hydrogens (tertiary/aromatic N) is 6. The van der Waals surface area contributed by atoms with Crippen LogP contribution in [0.15, 0.2) is 53.1 Å². The number of nitrogen functional groups attached to an aromatic ring is 1. The standard InChI is InChI=1S/C26H25F2N7O2/c1-34(2)17-8-10-35(11-9-17)26(36)21-18(27)12-16(13-19(21)28)20-14-30-23(29)22(31-20)25-33-32-24(37-25)15-6-4-3-5-7-15/h3-7,12-14,17H,8-11H2,1-2H3,(H2,29,30). The summed E-state index contributed by atoms with van der Waals surface area (Å²) >= 11 is 0. The highest BCUT2D eigenvalue weighted by Gasteiger charge is 2.29. The predicted octanol–water partition coefficient (Wildman–Crippen LogP) is 3.89. The smallest absolute Gasteiger partial charge is 0.270 e. The zero-order valence-corrected chi connectivity index (χ0v) is 20.4. The van der Waals surface area contributed by atoms with Crippen LogP contribution in [0.25, 0.3) is 34.3 Å². The average Bonchev–Trinajstić information content (AvgIpc) is 3.39. The third-order valence-electron chi connectivity index (χ3n) is 6.48. The molecule has 1 fully saturated rings.